The summed E-state index contributed by atoms with van der Waals surface area (Å²) in [4.78, 5) is 11.9. The van der Waals surface area contributed by atoms with Crippen LogP contribution in [0.2, 0.25) is 0 Å². The number of amides is 1. The quantitative estimate of drug-likeness (QED) is 0.792. The maximum atomic E-state index is 14.1. The molecule has 21 heavy (non-hydrogen) atoms. The van der Waals surface area contributed by atoms with E-state index in [-0.39, 0.29) is 16.0 Å². The fraction of sp³-hybridized carbons (Fsp3) is 0.533. The standard InChI is InChI=1S/C15H18BrF2NO2/c1-15(2,3)21-14(20)19-13(8-4-5-8)9-6-12(18)10(16)7-11(9)17/h6-8,13H,4-5H2,1-3H3,(H,19,20). The summed E-state index contributed by atoms with van der Waals surface area (Å²) in [6, 6.07) is 1.64. The lowest BCUT2D eigenvalue weighted by Crippen LogP contribution is -2.36. The molecular weight excluding hydrogens is 344 g/mol. The van der Waals surface area contributed by atoms with Crippen molar-refractivity contribution in [1.29, 1.82) is 0 Å². The van der Waals surface area contributed by atoms with Gasteiger partial charge in [0.15, 0.2) is 0 Å². The molecule has 1 saturated carbocycles. The van der Waals surface area contributed by atoms with Crippen LogP contribution < -0.4 is 5.32 Å². The van der Waals surface area contributed by atoms with Crippen molar-refractivity contribution in [3.63, 3.8) is 0 Å². The Morgan fingerprint density at radius 1 is 1.33 bits per heavy atom. The second-order valence-electron chi connectivity index (χ2n) is 6.25. The van der Waals surface area contributed by atoms with Crippen LogP contribution in [0.1, 0.15) is 45.2 Å². The molecule has 0 radical (unpaired) electrons. The molecule has 1 atom stereocenters. The van der Waals surface area contributed by atoms with E-state index in [0.29, 0.717) is 0 Å². The molecule has 3 nitrogen and oxygen atoms in total. The van der Waals surface area contributed by atoms with Crippen LogP contribution >= 0.6 is 15.9 Å². The Morgan fingerprint density at radius 3 is 2.48 bits per heavy atom. The molecule has 1 aromatic carbocycles. The second-order valence-corrected chi connectivity index (χ2v) is 7.10. The van der Waals surface area contributed by atoms with Crippen LogP contribution in [0.4, 0.5) is 13.6 Å². The third kappa shape index (κ3) is 4.40. The van der Waals surface area contributed by atoms with E-state index in [1.807, 2.05) is 0 Å². The predicted molar refractivity (Wildman–Crippen MR) is 78.9 cm³/mol. The summed E-state index contributed by atoms with van der Waals surface area (Å²) in [6.07, 6.45) is 1.12. The van der Waals surface area contributed by atoms with Gasteiger partial charge >= 0.3 is 6.09 Å². The van der Waals surface area contributed by atoms with Crippen molar-refractivity contribution < 1.29 is 18.3 Å². The zero-order valence-electron chi connectivity index (χ0n) is 12.2. The minimum absolute atomic E-state index is 0.0653. The number of alkyl carbamates (subject to hydrolysis) is 1. The van der Waals surface area contributed by atoms with Crippen LogP contribution in [0.3, 0.4) is 0 Å². The van der Waals surface area contributed by atoms with Gasteiger partial charge in [0.05, 0.1) is 10.5 Å². The van der Waals surface area contributed by atoms with Gasteiger partial charge in [0.1, 0.15) is 17.2 Å². The van der Waals surface area contributed by atoms with E-state index in [1.165, 1.54) is 0 Å². The monoisotopic (exact) mass is 361 g/mol. The van der Waals surface area contributed by atoms with Gasteiger partial charge in [0, 0.05) is 5.56 Å². The minimum Gasteiger partial charge on any atom is -0.444 e. The Kier molecular flexibility index (Phi) is 4.56. The van der Waals surface area contributed by atoms with Crippen LogP contribution in [0.25, 0.3) is 0 Å². The predicted octanol–water partition coefficient (Wildman–Crippen LogP) is 4.70. The molecule has 1 unspecified atom stereocenters. The molecule has 116 valence electrons. The molecule has 0 spiro atoms. The summed E-state index contributed by atoms with van der Waals surface area (Å²) < 4.78 is 33.0. The van der Waals surface area contributed by atoms with Crippen LogP contribution in [0.15, 0.2) is 16.6 Å². The smallest absolute Gasteiger partial charge is 0.408 e. The average molecular weight is 362 g/mol. The van der Waals surface area contributed by atoms with Crippen molar-refractivity contribution in [2.75, 3.05) is 0 Å². The first-order valence-electron chi connectivity index (χ1n) is 6.81. The summed E-state index contributed by atoms with van der Waals surface area (Å²) in [5.41, 5.74) is -0.481. The highest BCUT2D eigenvalue weighted by atomic mass is 79.9. The van der Waals surface area contributed by atoms with Gasteiger partial charge in [-0.15, -0.1) is 0 Å². The summed E-state index contributed by atoms with van der Waals surface area (Å²) >= 11 is 2.95. The van der Waals surface area contributed by atoms with E-state index < -0.39 is 29.4 Å². The number of rotatable bonds is 3. The highest BCUT2D eigenvalue weighted by molar-refractivity contribution is 9.10. The van der Waals surface area contributed by atoms with Crippen molar-refractivity contribution in [2.45, 2.75) is 45.3 Å². The summed E-state index contributed by atoms with van der Waals surface area (Å²) in [5, 5.41) is 2.66. The summed E-state index contributed by atoms with van der Waals surface area (Å²) in [5.74, 6) is -0.980. The fourth-order valence-corrected chi connectivity index (χ4v) is 2.41. The molecule has 1 amide bonds. The van der Waals surface area contributed by atoms with Crippen LogP contribution in [-0.4, -0.2) is 11.7 Å². The zero-order chi connectivity index (χ0) is 15.8. The Hall–Kier alpha value is -1.17. The summed E-state index contributed by atoms with van der Waals surface area (Å²) in [6.45, 7) is 5.25. The minimum atomic E-state index is -0.637. The van der Waals surface area contributed by atoms with Crippen molar-refractivity contribution in [1.82, 2.24) is 5.32 Å². The number of halogens is 3. The number of carbonyl (C=O) groups excluding carboxylic acids is 1. The van der Waals surface area contributed by atoms with Crippen molar-refractivity contribution in [3.05, 3.63) is 33.8 Å². The van der Waals surface area contributed by atoms with Gasteiger partial charge in [0.25, 0.3) is 0 Å². The van der Waals surface area contributed by atoms with Gasteiger partial charge in [-0.3, -0.25) is 0 Å². The third-order valence-corrected chi connectivity index (χ3v) is 3.75. The molecule has 0 bridgehead atoms. The summed E-state index contributed by atoms with van der Waals surface area (Å²) in [7, 11) is 0. The number of ether oxygens (including phenoxy) is 1. The van der Waals surface area contributed by atoms with E-state index in [0.717, 1.165) is 25.0 Å². The molecule has 0 aromatic heterocycles. The first kappa shape index (κ1) is 16.2. The molecule has 0 saturated heterocycles. The van der Waals surface area contributed by atoms with E-state index in [9.17, 15) is 13.6 Å². The van der Waals surface area contributed by atoms with Crippen LogP contribution in [-0.2, 0) is 4.74 Å². The van der Waals surface area contributed by atoms with Crippen LogP contribution in [0, 0.1) is 17.6 Å². The second kappa shape index (κ2) is 5.91. The molecule has 0 aliphatic heterocycles. The molecule has 0 heterocycles. The molecule has 1 aromatic rings. The maximum absolute atomic E-state index is 14.1. The molecule has 2 rings (SSSR count). The number of benzene rings is 1. The lowest BCUT2D eigenvalue weighted by molar-refractivity contribution is 0.0496. The Bertz CT molecular complexity index is 553. The van der Waals surface area contributed by atoms with Gasteiger partial charge in [-0.05, 0) is 67.6 Å². The van der Waals surface area contributed by atoms with Gasteiger partial charge < -0.3 is 10.1 Å². The lowest BCUT2D eigenvalue weighted by atomic mass is 10.0. The van der Waals surface area contributed by atoms with Gasteiger partial charge in [-0.1, -0.05) is 0 Å². The van der Waals surface area contributed by atoms with Crippen molar-refractivity contribution >= 4 is 22.0 Å². The first-order valence-corrected chi connectivity index (χ1v) is 7.60. The van der Waals surface area contributed by atoms with E-state index >= 15 is 0 Å². The van der Waals surface area contributed by atoms with Gasteiger partial charge in [0.2, 0.25) is 0 Å². The SMILES string of the molecule is CC(C)(C)OC(=O)NC(c1cc(F)c(Br)cc1F)C1CC1. The van der Waals surface area contributed by atoms with Crippen molar-refractivity contribution in [2.24, 2.45) is 5.92 Å². The fourth-order valence-electron chi connectivity index (χ4n) is 2.09. The molecule has 1 aliphatic rings. The normalized spacial score (nSPS) is 16.5. The molecule has 6 heteroatoms. The van der Waals surface area contributed by atoms with E-state index in [2.05, 4.69) is 21.2 Å². The Labute approximate surface area is 131 Å². The van der Waals surface area contributed by atoms with E-state index in [4.69, 9.17) is 4.74 Å². The highest BCUT2D eigenvalue weighted by Gasteiger charge is 2.36. The van der Waals surface area contributed by atoms with Gasteiger partial charge in [-0.2, -0.15) is 0 Å². The lowest BCUT2D eigenvalue weighted by Gasteiger charge is -2.24. The molecular formula is C15H18BrF2NO2. The zero-order valence-corrected chi connectivity index (χ0v) is 13.8. The van der Waals surface area contributed by atoms with Gasteiger partial charge in [-0.25, -0.2) is 13.6 Å². The number of nitrogens with one attached hydrogen (secondary N) is 1. The topological polar surface area (TPSA) is 38.3 Å². The van der Waals surface area contributed by atoms with Crippen LogP contribution in [0.5, 0.6) is 0 Å². The molecule has 1 N–H and O–H groups in total. The largest absolute Gasteiger partial charge is 0.444 e. The number of carbonyl (C=O) groups is 1. The third-order valence-electron chi connectivity index (χ3n) is 3.14. The average Bonchev–Trinajstić information content (AvgIpc) is 3.13. The van der Waals surface area contributed by atoms with Crippen molar-refractivity contribution in [3.8, 4) is 0 Å². The first-order chi connectivity index (χ1) is 9.67. The molecule has 1 fully saturated rings. The Morgan fingerprint density at radius 2 is 1.95 bits per heavy atom. The number of hydrogen-bond acceptors (Lipinski definition) is 2. The highest BCUT2D eigenvalue weighted by Crippen LogP contribution is 2.42. The maximum Gasteiger partial charge on any atom is 0.408 e. The molecule has 1 aliphatic carbocycles. The Balaban J connectivity index is 2.20. The van der Waals surface area contributed by atoms with E-state index in [1.54, 1.807) is 20.8 Å². The number of hydrogen-bond donors (Lipinski definition) is 1.